The van der Waals surface area contributed by atoms with Crippen LogP contribution >= 0.6 is 11.3 Å². The number of para-hydroxylation sites is 1. The molecule has 138 valence electrons. The van der Waals surface area contributed by atoms with Gasteiger partial charge in [-0.2, -0.15) is 0 Å². The fourth-order valence-electron chi connectivity index (χ4n) is 3.62. The van der Waals surface area contributed by atoms with Crippen LogP contribution in [0.2, 0.25) is 0 Å². The number of ether oxygens (including phenoxy) is 1. The molecule has 0 saturated carbocycles. The van der Waals surface area contributed by atoms with E-state index in [2.05, 4.69) is 15.5 Å². The quantitative estimate of drug-likeness (QED) is 0.706. The van der Waals surface area contributed by atoms with Crippen molar-refractivity contribution in [3.8, 4) is 17.2 Å². The van der Waals surface area contributed by atoms with E-state index in [1.165, 1.54) is 11.3 Å². The van der Waals surface area contributed by atoms with E-state index in [9.17, 15) is 9.90 Å². The number of rotatable bonds is 3. The van der Waals surface area contributed by atoms with Gasteiger partial charge in [0, 0.05) is 22.6 Å². The molecular formula is C20H19N3O3S. The average Bonchev–Trinajstić information content (AvgIpc) is 3.14. The van der Waals surface area contributed by atoms with Crippen molar-refractivity contribution in [2.75, 3.05) is 5.32 Å². The zero-order chi connectivity index (χ0) is 19.2. The molecule has 2 N–H and O–H groups in total. The second-order valence-corrected chi connectivity index (χ2v) is 8.06. The van der Waals surface area contributed by atoms with Crippen LogP contribution < -0.4 is 10.1 Å². The molecule has 3 aromatic rings. The number of phenols is 1. The minimum atomic E-state index is -0.857. The molecule has 0 spiro atoms. The molecule has 4 rings (SSSR count). The molecule has 1 aromatic heterocycles. The molecule has 1 aliphatic rings. The van der Waals surface area contributed by atoms with Gasteiger partial charge in [0.05, 0.1) is 5.41 Å². The van der Waals surface area contributed by atoms with Crippen LogP contribution in [0.4, 0.5) is 5.13 Å². The van der Waals surface area contributed by atoms with E-state index in [0.29, 0.717) is 16.6 Å². The molecule has 0 aliphatic carbocycles. The Morgan fingerprint density at radius 3 is 2.67 bits per heavy atom. The van der Waals surface area contributed by atoms with Crippen LogP contribution in [0.3, 0.4) is 0 Å². The molecule has 0 saturated heterocycles. The Balaban J connectivity index is 1.88. The van der Waals surface area contributed by atoms with Crippen LogP contribution in [-0.2, 0) is 10.2 Å². The predicted molar refractivity (Wildman–Crippen MR) is 103 cm³/mol. The number of nitrogens with zero attached hydrogens (tertiary/aromatic N) is 2. The number of hydrogen-bond acceptors (Lipinski definition) is 6. The molecule has 2 heterocycles. The fourth-order valence-corrected chi connectivity index (χ4v) is 4.06. The van der Waals surface area contributed by atoms with E-state index in [0.717, 1.165) is 11.1 Å². The summed E-state index contributed by atoms with van der Waals surface area (Å²) in [5, 5.41) is 20.9. The van der Waals surface area contributed by atoms with E-state index in [1.54, 1.807) is 17.6 Å². The van der Waals surface area contributed by atoms with Gasteiger partial charge in [-0.25, -0.2) is 0 Å². The highest BCUT2D eigenvalue weighted by Gasteiger charge is 2.53. The topological polar surface area (TPSA) is 84.3 Å². The number of nitrogens with one attached hydrogen (secondary N) is 1. The fraction of sp³-hybridized carbons (Fsp3) is 0.250. The number of carbonyl (C=O) groups excluding carboxylic acids is 1. The first-order chi connectivity index (χ1) is 12.8. The zero-order valence-corrected chi connectivity index (χ0v) is 16.0. The minimum absolute atomic E-state index is 0.117. The number of hydrogen-bond donors (Lipinski definition) is 2. The van der Waals surface area contributed by atoms with Gasteiger partial charge in [0.15, 0.2) is 0 Å². The Labute approximate surface area is 160 Å². The van der Waals surface area contributed by atoms with Crippen molar-refractivity contribution >= 4 is 22.4 Å². The summed E-state index contributed by atoms with van der Waals surface area (Å²) >= 11 is 1.27. The summed E-state index contributed by atoms with van der Waals surface area (Å²) in [6.45, 7) is 5.84. The molecule has 6 nitrogen and oxygen atoms in total. The maximum Gasteiger partial charge on any atom is 0.233 e. The maximum absolute atomic E-state index is 13.3. The molecule has 27 heavy (non-hydrogen) atoms. The molecule has 1 amide bonds. The van der Waals surface area contributed by atoms with Gasteiger partial charge in [0.1, 0.15) is 22.8 Å². The van der Waals surface area contributed by atoms with Crippen molar-refractivity contribution in [3.63, 3.8) is 0 Å². The first-order valence-electron chi connectivity index (χ1n) is 8.52. The van der Waals surface area contributed by atoms with Crippen molar-refractivity contribution in [3.05, 3.63) is 59.1 Å². The monoisotopic (exact) mass is 381 g/mol. The third-order valence-electron chi connectivity index (χ3n) is 5.55. The van der Waals surface area contributed by atoms with E-state index in [4.69, 9.17) is 4.74 Å². The van der Waals surface area contributed by atoms with Gasteiger partial charge < -0.3 is 15.2 Å². The first-order valence-corrected chi connectivity index (χ1v) is 9.40. The maximum atomic E-state index is 13.3. The van der Waals surface area contributed by atoms with Crippen molar-refractivity contribution in [2.45, 2.75) is 26.2 Å². The smallest absolute Gasteiger partial charge is 0.233 e. The Morgan fingerprint density at radius 2 is 1.93 bits per heavy atom. The summed E-state index contributed by atoms with van der Waals surface area (Å²) in [7, 11) is 0. The molecule has 1 aliphatic heterocycles. The lowest BCUT2D eigenvalue weighted by Crippen LogP contribution is -2.49. The lowest BCUT2D eigenvalue weighted by Gasteiger charge is -2.47. The Bertz CT molecular complexity index is 1020. The second kappa shape index (κ2) is 6.06. The van der Waals surface area contributed by atoms with E-state index >= 15 is 0 Å². The van der Waals surface area contributed by atoms with Gasteiger partial charge in [0.25, 0.3) is 0 Å². The number of fused-ring (bicyclic) bond motifs is 2. The Kier molecular flexibility index (Phi) is 3.92. The summed E-state index contributed by atoms with van der Waals surface area (Å²) in [5.41, 5.74) is 1.79. The van der Waals surface area contributed by atoms with Gasteiger partial charge in [0.2, 0.25) is 11.0 Å². The number of anilines is 1. The highest BCUT2D eigenvalue weighted by molar-refractivity contribution is 7.13. The van der Waals surface area contributed by atoms with E-state index < -0.39 is 10.8 Å². The van der Waals surface area contributed by atoms with Crippen molar-refractivity contribution in [2.24, 2.45) is 5.41 Å². The Hall–Kier alpha value is -2.93. The van der Waals surface area contributed by atoms with Gasteiger partial charge in [-0.1, -0.05) is 42.5 Å². The normalized spacial score (nSPS) is 18.2. The number of phenolic OH excluding ortho intramolecular Hbond substituents is 1. The first kappa shape index (κ1) is 17.5. The van der Waals surface area contributed by atoms with Crippen LogP contribution in [0, 0.1) is 5.41 Å². The SMILES string of the molecule is CC(C)(C(=O)Nc1nncs1)C1(C)c2ccccc2Oc2cc(O)ccc21. The summed E-state index contributed by atoms with van der Waals surface area (Å²) in [6.07, 6.45) is 0. The summed E-state index contributed by atoms with van der Waals surface area (Å²) in [4.78, 5) is 13.3. The lowest BCUT2D eigenvalue weighted by atomic mass is 9.58. The molecule has 1 atom stereocenters. The minimum Gasteiger partial charge on any atom is -0.508 e. The van der Waals surface area contributed by atoms with Crippen LogP contribution in [0.1, 0.15) is 31.9 Å². The lowest BCUT2D eigenvalue weighted by molar-refractivity contribution is -0.126. The second-order valence-electron chi connectivity index (χ2n) is 7.23. The highest BCUT2D eigenvalue weighted by atomic mass is 32.1. The molecule has 0 bridgehead atoms. The van der Waals surface area contributed by atoms with E-state index in [-0.39, 0.29) is 11.7 Å². The van der Waals surface area contributed by atoms with Crippen molar-refractivity contribution in [1.82, 2.24) is 10.2 Å². The van der Waals surface area contributed by atoms with Crippen molar-refractivity contribution < 1.29 is 14.6 Å². The summed E-state index contributed by atoms with van der Waals surface area (Å²) in [6, 6.07) is 12.7. The van der Waals surface area contributed by atoms with Gasteiger partial charge >= 0.3 is 0 Å². The van der Waals surface area contributed by atoms with Gasteiger partial charge in [-0.05, 0) is 26.0 Å². The largest absolute Gasteiger partial charge is 0.508 e. The number of benzene rings is 2. The summed E-state index contributed by atoms with van der Waals surface area (Å²) < 4.78 is 6.02. The molecule has 1 unspecified atom stereocenters. The van der Waals surface area contributed by atoms with E-state index in [1.807, 2.05) is 51.1 Å². The summed E-state index contributed by atoms with van der Waals surface area (Å²) in [5.74, 6) is 1.17. The van der Waals surface area contributed by atoms with Crippen LogP contribution in [-0.4, -0.2) is 21.2 Å². The van der Waals surface area contributed by atoms with Crippen LogP contribution in [0.5, 0.6) is 17.2 Å². The zero-order valence-electron chi connectivity index (χ0n) is 15.2. The molecule has 0 fully saturated rings. The molecule has 0 radical (unpaired) electrons. The van der Waals surface area contributed by atoms with Gasteiger partial charge in [-0.15, -0.1) is 10.2 Å². The standard InChI is InChI=1S/C20H19N3O3S/c1-19(2,17(25)22-18-23-21-11-27-18)20(3)13-6-4-5-7-15(13)26-16-10-12(24)8-9-14(16)20/h4-11,24H,1-3H3,(H,22,23,25). The number of amides is 1. The van der Waals surface area contributed by atoms with Crippen LogP contribution in [0.15, 0.2) is 48.0 Å². The van der Waals surface area contributed by atoms with Gasteiger partial charge in [-0.3, -0.25) is 4.79 Å². The number of aromatic hydroxyl groups is 1. The highest BCUT2D eigenvalue weighted by Crippen LogP contribution is 2.56. The predicted octanol–water partition coefficient (Wildman–Crippen LogP) is 4.32. The molecular weight excluding hydrogens is 362 g/mol. The third-order valence-corrected chi connectivity index (χ3v) is 6.15. The Morgan fingerprint density at radius 1 is 1.19 bits per heavy atom. The van der Waals surface area contributed by atoms with Crippen LogP contribution in [0.25, 0.3) is 0 Å². The van der Waals surface area contributed by atoms with Crippen molar-refractivity contribution in [1.29, 1.82) is 0 Å². The molecule has 7 heteroatoms. The number of aromatic nitrogens is 2. The molecule has 2 aromatic carbocycles. The average molecular weight is 381 g/mol. The third kappa shape index (κ3) is 2.57. The number of carbonyl (C=O) groups is 1.